The van der Waals surface area contributed by atoms with E-state index in [2.05, 4.69) is 84.7 Å². The number of aromatic nitrogens is 4. The number of fused-ring (bicyclic) bond motifs is 12. The molecule has 0 fully saturated rings. The molecule has 0 saturated heterocycles. The van der Waals surface area contributed by atoms with Gasteiger partial charge in [-0.2, -0.15) is 6.07 Å². The Labute approximate surface area is 315 Å². The zero-order chi connectivity index (χ0) is 34.3. The molecule has 0 spiro atoms. The topological polar surface area (TPSA) is 66.6 Å². The van der Waals surface area contributed by atoms with E-state index < -0.39 is 7.19 Å². The zero-order valence-electron chi connectivity index (χ0n) is 28.5. The molecule has 254 valence electrons. The number of nitrogens with zero attached hydrogens (tertiary/aromatic N) is 5. The molecule has 5 aromatic carbocycles. The van der Waals surface area contributed by atoms with Crippen molar-refractivity contribution in [2.45, 2.75) is 26.2 Å². The summed E-state index contributed by atoms with van der Waals surface area (Å²) in [6, 6.07) is 43.4. The molecule has 10 rings (SSSR count). The van der Waals surface area contributed by atoms with E-state index in [4.69, 9.17) is 24.1 Å². The normalized spacial score (nSPS) is 13.0. The largest absolute Gasteiger partial charge is 2.00 e. The van der Waals surface area contributed by atoms with Crippen molar-refractivity contribution in [3.8, 4) is 46.0 Å². The van der Waals surface area contributed by atoms with Crippen molar-refractivity contribution in [3.05, 3.63) is 145 Å². The van der Waals surface area contributed by atoms with Crippen LogP contribution in [0, 0.1) is 12.1 Å². The van der Waals surface area contributed by atoms with E-state index in [-0.39, 0.29) is 26.5 Å². The first-order valence-corrected chi connectivity index (χ1v) is 16.9. The number of benzene rings is 5. The second-order valence-corrected chi connectivity index (χ2v) is 13.8. The molecule has 8 nitrogen and oxygen atoms in total. The van der Waals surface area contributed by atoms with Crippen molar-refractivity contribution in [2.24, 2.45) is 0 Å². The summed E-state index contributed by atoms with van der Waals surface area (Å²) in [7, 11) is -0.551. The molecule has 0 bridgehead atoms. The van der Waals surface area contributed by atoms with Gasteiger partial charge in [0, 0.05) is 41.4 Å². The van der Waals surface area contributed by atoms with Crippen molar-refractivity contribution in [1.29, 1.82) is 0 Å². The molecule has 0 amide bonds. The van der Waals surface area contributed by atoms with Gasteiger partial charge in [-0.15, -0.1) is 23.6 Å². The fourth-order valence-electron chi connectivity index (χ4n) is 7.09. The molecule has 2 aliphatic heterocycles. The average molecular weight is 859 g/mol. The van der Waals surface area contributed by atoms with E-state index in [9.17, 15) is 0 Å². The van der Waals surface area contributed by atoms with Crippen molar-refractivity contribution >= 4 is 40.4 Å². The monoisotopic (exact) mass is 858 g/mol. The van der Waals surface area contributed by atoms with Gasteiger partial charge >= 0.3 is 28.3 Å². The van der Waals surface area contributed by atoms with E-state index in [1.807, 2.05) is 83.6 Å². The molecular formula is C42H30BN5O3Pt. The summed E-state index contributed by atoms with van der Waals surface area (Å²) in [6.07, 6.45) is 5.59. The Bertz CT molecular complexity index is 2660. The van der Waals surface area contributed by atoms with Gasteiger partial charge in [0.1, 0.15) is 17.3 Å². The number of anilines is 2. The van der Waals surface area contributed by atoms with Gasteiger partial charge in [0.15, 0.2) is 5.75 Å². The van der Waals surface area contributed by atoms with Crippen molar-refractivity contribution < 1.29 is 35.2 Å². The Morgan fingerprint density at radius 3 is 2.33 bits per heavy atom. The summed E-state index contributed by atoms with van der Waals surface area (Å²) < 4.78 is 23.8. The Morgan fingerprint density at radius 1 is 0.712 bits per heavy atom. The first kappa shape index (κ1) is 32.1. The van der Waals surface area contributed by atoms with Crippen LogP contribution >= 0.6 is 0 Å². The predicted molar refractivity (Wildman–Crippen MR) is 200 cm³/mol. The fraction of sp³-hybridized carbons (Fsp3) is 0.0952. The van der Waals surface area contributed by atoms with Gasteiger partial charge < -0.3 is 28.0 Å². The van der Waals surface area contributed by atoms with Gasteiger partial charge in [-0.3, -0.25) is 4.98 Å². The maximum atomic E-state index is 6.67. The molecule has 10 heteroatoms. The summed E-state index contributed by atoms with van der Waals surface area (Å²) in [6.45, 7) is 6.64. The molecule has 0 N–H and O–H groups in total. The third-order valence-corrected chi connectivity index (χ3v) is 9.55. The minimum absolute atomic E-state index is 0. The summed E-state index contributed by atoms with van der Waals surface area (Å²) in [4.78, 5) is 11.7. The quantitative estimate of drug-likeness (QED) is 0.130. The van der Waals surface area contributed by atoms with E-state index in [1.54, 1.807) is 6.20 Å². The SMILES string of the molecule is CC(C)(C)c1ccnc(-n2c3[c-]c(Oc4[c-]c5c(cc4)N4B(Oc6ccccc6Oc6ccccc64)n4ccnc4-5)ccc3c3ccccc32)c1.[Pt+2]. The first-order chi connectivity index (χ1) is 24.9. The number of pyridine rings is 1. The average Bonchev–Trinajstić information content (AvgIpc) is 3.75. The second-order valence-electron chi connectivity index (χ2n) is 13.8. The predicted octanol–water partition coefficient (Wildman–Crippen LogP) is 9.90. The van der Waals surface area contributed by atoms with Crippen LogP contribution in [0.4, 0.5) is 11.4 Å². The van der Waals surface area contributed by atoms with Crippen LogP contribution in [0.5, 0.6) is 28.7 Å². The van der Waals surface area contributed by atoms with Gasteiger partial charge in [-0.1, -0.05) is 86.4 Å². The molecule has 52 heavy (non-hydrogen) atoms. The van der Waals surface area contributed by atoms with Crippen LogP contribution in [0.25, 0.3) is 39.0 Å². The smallest absolute Gasteiger partial charge is 0.521 e. The molecule has 3 aromatic heterocycles. The number of para-hydroxylation sites is 5. The molecule has 0 saturated carbocycles. The Kier molecular flexibility index (Phi) is 7.52. The van der Waals surface area contributed by atoms with Crippen LogP contribution in [0.1, 0.15) is 26.3 Å². The van der Waals surface area contributed by atoms with Crippen LogP contribution in [-0.2, 0) is 26.5 Å². The standard InChI is InChI=1S/C42H30BN5O3.Pt/c1-42(2,3)27-20-21-44-40(24-27)47-33-11-5-4-10-30(33)31-18-16-29(26-36(31)47)49-28-17-19-34-32(25-28)41-45-22-23-46(41)43-48(34)35-12-6-7-13-37(35)50-38-14-8-9-15-39(38)51-43;/h4-24H,1-3H3;/q-2;+2. The summed E-state index contributed by atoms with van der Waals surface area (Å²) >= 11 is 0. The van der Waals surface area contributed by atoms with Crippen LogP contribution in [0.3, 0.4) is 0 Å². The number of hydrogen-bond donors (Lipinski definition) is 0. The zero-order valence-corrected chi connectivity index (χ0v) is 30.8. The van der Waals surface area contributed by atoms with Gasteiger partial charge in [0.25, 0.3) is 0 Å². The van der Waals surface area contributed by atoms with E-state index in [0.717, 1.165) is 50.4 Å². The maximum Gasteiger partial charge on any atom is 2.00 e. The third-order valence-electron chi connectivity index (χ3n) is 9.55. The van der Waals surface area contributed by atoms with Gasteiger partial charge in [-0.25, -0.2) is 4.98 Å². The Balaban J connectivity index is 0.00000360. The number of hydrogen-bond acceptors (Lipinski definition) is 6. The van der Waals surface area contributed by atoms with Gasteiger partial charge in [0.2, 0.25) is 0 Å². The van der Waals surface area contributed by atoms with E-state index in [0.29, 0.717) is 28.7 Å². The van der Waals surface area contributed by atoms with Crippen molar-refractivity contribution in [1.82, 2.24) is 19.0 Å². The van der Waals surface area contributed by atoms with Gasteiger partial charge in [0.05, 0.1) is 5.69 Å². The molecule has 0 unspecified atom stereocenters. The van der Waals surface area contributed by atoms with Crippen molar-refractivity contribution in [3.63, 3.8) is 0 Å². The number of rotatable bonds is 3. The third kappa shape index (κ3) is 5.10. The number of ether oxygens (including phenoxy) is 2. The molecule has 0 radical (unpaired) electrons. The molecule has 0 aliphatic carbocycles. The minimum Gasteiger partial charge on any atom is -0.521 e. The summed E-state index contributed by atoms with van der Waals surface area (Å²) in [5.74, 6) is 4.67. The van der Waals surface area contributed by atoms with Crippen LogP contribution < -0.4 is 18.9 Å². The second kappa shape index (κ2) is 12.2. The molecule has 0 atom stereocenters. The number of imidazole rings is 1. The molecular weight excluding hydrogens is 828 g/mol. The van der Waals surface area contributed by atoms with Crippen LogP contribution in [0.15, 0.2) is 128 Å². The van der Waals surface area contributed by atoms with Crippen LogP contribution in [-0.4, -0.2) is 26.2 Å². The maximum absolute atomic E-state index is 6.67. The van der Waals surface area contributed by atoms with E-state index in [1.165, 1.54) is 5.56 Å². The van der Waals surface area contributed by atoms with Crippen molar-refractivity contribution in [2.75, 3.05) is 4.81 Å². The van der Waals surface area contributed by atoms with Gasteiger partial charge in [-0.05, 0) is 64.5 Å². The Morgan fingerprint density at radius 2 is 1.46 bits per heavy atom. The first-order valence-electron chi connectivity index (χ1n) is 16.9. The summed E-state index contributed by atoms with van der Waals surface area (Å²) in [5.41, 5.74) is 5.63. The summed E-state index contributed by atoms with van der Waals surface area (Å²) in [5, 5.41) is 2.20. The Hall–Kier alpha value is -5.79. The molecule has 5 heterocycles. The molecule has 8 aromatic rings. The molecule has 2 aliphatic rings. The fourth-order valence-corrected chi connectivity index (χ4v) is 7.09. The van der Waals surface area contributed by atoms with Crippen LogP contribution in [0.2, 0.25) is 0 Å². The van der Waals surface area contributed by atoms with E-state index >= 15 is 0 Å². The minimum atomic E-state index is -0.551.